The summed E-state index contributed by atoms with van der Waals surface area (Å²) in [6.45, 7) is 4.02. The van der Waals surface area contributed by atoms with Crippen molar-refractivity contribution in [3.63, 3.8) is 0 Å². The molecule has 0 aromatic heterocycles. The summed E-state index contributed by atoms with van der Waals surface area (Å²) in [6.07, 6.45) is 6.01. The van der Waals surface area contributed by atoms with Gasteiger partial charge >= 0.3 is 11.9 Å². The fraction of sp³-hybridized carbons (Fsp3) is 0.727. The first-order valence-electron chi connectivity index (χ1n) is 10.3. The van der Waals surface area contributed by atoms with Crippen LogP contribution in [0, 0.1) is 17.8 Å². The van der Waals surface area contributed by atoms with Gasteiger partial charge in [0.05, 0.1) is 19.3 Å². The first kappa shape index (κ1) is 25.1. The monoisotopic (exact) mass is 413 g/mol. The van der Waals surface area contributed by atoms with Crippen molar-refractivity contribution in [1.82, 2.24) is 4.90 Å². The van der Waals surface area contributed by atoms with E-state index in [4.69, 9.17) is 0 Å². The molecule has 0 saturated carbocycles. The second kappa shape index (κ2) is 12.6. The van der Waals surface area contributed by atoms with Gasteiger partial charge in [-0.3, -0.25) is 9.59 Å². The second-order valence-electron chi connectivity index (χ2n) is 7.48. The molecule has 1 saturated heterocycles. The molecule has 1 aliphatic rings. The molecule has 1 N–H and O–H groups in total. The predicted octanol–water partition coefficient (Wildman–Crippen LogP) is 3.70. The van der Waals surface area contributed by atoms with Crippen molar-refractivity contribution in [2.75, 3.05) is 13.7 Å². The highest BCUT2D eigenvalue weighted by Gasteiger charge is 2.52. The van der Waals surface area contributed by atoms with E-state index in [0.29, 0.717) is 25.7 Å². The maximum Gasteiger partial charge on any atom is 0.327 e. The Morgan fingerprint density at radius 1 is 1.34 bits per heavy atom. The maximum atomic E-state index is 13.9. The zero-order valence-electron chi connectivity index (χ0n) is 17.6. The topological polar surface area (TPSA) is 66.8 Å². The Hall–Kier alpha value is -1.94. The highest BCUT2D eigenvalue weighted by atomic mass is 19.3. The number of aliphatic hydroxyl groups excluding tert-OH is 1. The molecule has 5 nitrogen and oxygen atoms in total. The molecule has 0 bridgehead atoms. The summed E-state index contributed by atoms with van der Waals surface area (Å²) in [5, 5.41) is 10.2. The summed E-state index contributed by atoms with van der Waals surface area (Å²) in [6, 6.07) is -0.726. The molecule has 0 aromatic rings. The van der Waals surface area contributed by atoms with E-state index in [1.165, 1.54) is 24.2 Å². The lowest BCUT2D eigenvalue weighted by atomic mass is 9.99. The Bertz CT molecular complexity index is 624. The van der Waals surface area contributed by atoms with Gasteiger partial charge < -0.3 is 14.7 Å². The lowest BCUT2D eigenvalue weighted by Crippen LogP contribution is -2.36. The van der Waals surface area contributed by atoms with Gasteiger partial charge in [0.2, 0.25) is 0 Å². The van der Waals surface area contributed by atoms with E-state index in [2.05, 4.69) is 16.6 Å². The minimum Gasteiger partial charge on any atom is -0.469 e. The average Bonchev–Trinajstić information content (AvgIpc) is 2.91. The van der Waals surface area contributed by atoms with Gasteiger partial charge in [0, 0.05) is 32.2 Å². The van der Waals surface area contributed by atoms with Gasteiger partial charge in [-0.1, -0.05) is 38.8 Å². The lowest BCUT2D eigenvalue weighted by molar-refractivity contribution is -0.148. The van der Waals surface area contributed by atoms with Gasteiger partial charge in [0.1, 0.15) is 0 Å². The highest BCUT2D eigenvalue weighted by Crippen LogP contribution is 2.34. The predicted molar refractivity (Wildman–Crippen MR) is 107 cm³/mol. The number of esters is 1. The third kappa shape index (κ3) is 8.53. The number of halogens is 2. The molecule has 0 aromatic carbocycles. The van der Waals surface area contributed by atoms with Crippen molar-refractivity contribution >= 4 is 11.9 Å². The Morgan fingerprint density at radius 3 is 2.69 bits per heavy atom. The van der Waals surface area contributed by atoms with Crippen molar-refractivity contribution in [3.05, 3.63) is 12.2 Å². The molecule has 1 aliphatic heterocycles. The molecule has 1 rings (SSSR count). The van der Waals surface area contributed by atoms with Gasteiger partial charge in [-0.2, -0.15) is 8.78 Å². The molecule has 0 aliphatic carbocycles. The van der Waals surface area contributed by atoms with Crippen LogP contribution in [-0.2, 0) is 14.3 Å². The molecule has 7 heteroatoms. The van der Waals surface area contributed by atoms with E-state index in [1.807, 2.05) is 13.8 Å². The highest BCUT2D eigenvalue weighted by molar-refractivity contribution is 5.86. The molecule has 3 atom stereocenters. The number of hydrogen-bond acceptors (Lipinski definition) is 4. The largest absolute Gasteiger partial charge is 0.469 e. The van der Waals surface area contributed by atoms with Crippen LogP contribution < -0.4 is 0 Å². The van der Waals surface area contributed by atoms with E-state index < -0.39 is 30.4 Å². The third-order valence-electron chi connectivity index (χ3n) is 5.04. The molecule has 29 heavy (non-hydrogen) atoms. The number of amides is 1. The van der Waals surface area contributed by atoms with Crippen LogP contribution in [0.5, 0.6) is 0 Å². The normalized spacial score (nSPS) is 20.4. The first-order valence-corrected chi connectivity index (χ1v) is 10.3. The van der Waals surface area contributed by atoms with Crippen molar-refractivity contribution in [2.45, 2.75) is 83.3 Å². The van der Waals surface area contributed by atoms with Gasteiger partial charge in [-0.05, 0) is 18.8 Å². The van der Waals surface area contributed by atoms with E-state index in [0.717, 1.165) is 19.3 Å². The number of alkyl halides is 2. The number of aliphatic hydroxyl groups is 1. The summed E-state index contributed by atoms with van der Waals surface area (Å²) in [5.41, 5.74) is 0. The SMILES string of the molecule is CCC#CC[C@H](C)[C@@H](O)C=C[C@H]1CC(F)(F)C(=O)N1CCCCCCC(=O)OC. The Morgan fingerprint density at radius 2 is 2.03 bits per heavy atom. The molecule has 1 heterocycles. The molecule has 1 fully saturated rings. The van der Waals surface area contributed by atoms with Crippen LogP contribution in [0.4, 0.5) is 8.78 Å². The summed E-state index contributed by atoms with van der Waals surface area (Å²) >= 11 is 0. The van der Waals surface area contributed by atoms with Crippen LogP contribution in [-0.4, -0.2) is 53.6 Å². The molecular weight excluding hydrogens is 380 g/mol. The number of ether oxygens (including phenoxy) is 1. The fourth-order valence-electron chi connectivity index (χ4n) is 3.18. The minimum atomic E-state index is -3.37. The fourth-order valence-corrected chi connectivity index (χ4v) is 3.18. The van der Waals surface area contributed by atoms with Crippen molar-refractivity contribution in [2.24, 2.45) is 5.92 Å². The standard InChI is InChI=1S/C22H33F2NO4/c1-4-5-8-11-17(2)19(26)14-13-18-16-22(23,24)21(28)25(18)15-10-7-6-9-12-20(27)29-3/h13-14,17-19,26H,4,6-7,9-12,15-16H2,1-3H3/t17-,18-,19-/m0/s1. The number of hydrogen-bond donors (Lipinski definition) is 1. The van der Waals surface area contributed by atoms with Crippen molar-refractivity contribution in [1.29, 1.82) is 0 Å². The van der Waals surface area contributed by atoms with Gasteiger partial charge in [-0.25, -0.2) is 0 Å². The van der Waals surface area contributed by atoms with Crippen LogP contribution in [0.15, 0.2) is 12.2 Å². The molecule has 0 spiro atoms. The number of likely N-dealkylation sites (tertiary alicyclic amines) is 1. The van der Waals surface area contributed by atoms with Crippen molar-refractivity contribution in [3.8, 4) is 11.8 Å². The number of methoxy groups -OCH3 is 1. The van der Waals surface area contributed by atoms with E-state index in [1.54, 1.807) is 0 Å². The van der Waals surface area contributed by atoms with Gasteiger partial charge in [0.15, 0.2) is 0 Å². The first-order chi connectivity index (χ1) is 13.7. The molecule has 0 radical (unpaired) electrons. The Kier molecular flexibility index (Phi) is 10.9. The van der Waals surface area contributed by atoms with Crippen LogP contribution in [0.1, 0.15) is 65.2 Å². The molecule has 164 valence electrons. The van der Waals surface area contributed by atoms with Crippen LogP contribution >= 0.6 is 0 Å². The van der Waals surface area contributed by atoms with Crippen LogP contribution in [0.3, 0.4) is 0 Å². The molecule has 1 amide bonds. The van der Waals surface area contributed by atoms with Gasteiger partial charge in [0.25, 0.3) is 5.91 Å². The Labute approximate surface area is 172 Å². The third-order valence-corrected chi connectivity index (χ3v) is 5.04. The zero-order valence-corrected chi connectivity index (χ0v) is 17.6. The van der Waals surface area contributed by atoms with Crippen LogP contribution in [0.2, 0.25) is 0 Å². The smallest absolute Gasteiger partial charge is 0.327 e. The number of carbonyl (C=O) groups is 2. The van der Waals surface area contributed by atoms with E-state index >= 15 is 0 Å². The van der Waals surface area contributed by atoms with E-state index in [-0.39, 0.29) is 18.4 Å². The van der Waals surface area contributed by atoms with E-state index in [9.17, 15) is 23.5 Å². The quantitative estimate of drug-likeness (QED) is 0.243. The number of nitrogens with zero attached hydrogens (tertiary/aromatic N) is 1. The Balaban J connectivity index is 2.56. The maximum absolute atomic E-state index is 13.9. The molecule has 0 unspecified atom stereocenters. The summed E-state index contributed by atoms with van der Waals surface area (Å²) in [5.74, 6) is 0.998. The number of unbranched alkanes of at least 4 members (excludes halogenated alkanes) is 3. The minimum absolute atomic E-state index is 0.119. The summed E-state index contributed by atoms with van der Waals surface area (Å²) < 4.78 is 32.4. The summed E-state index contributed by atoms with van der Waals surface area (Å²) in [4.78, 5) is 24.3. The second-order valence-corrected chi connectivity index (χ2v) is 7.48. The van der Waals surface area contributed by atoms with Crippen molar-refractivity contribution < 1.29 is 28.2 Å². The molecular formula is C22H33F2NO4. The van der Waals surface area contributed by atoms with Gasteiger partial charge in [-0.15, -0.1) is 11.8 Å². The lowest BCUT2D eigenvalue weighted by Gasteiger charge is -2.22. The zero-order chi connectivity index (χ0) is 21.9. The van der Waals surface area contributed by atoms with Crippen LogP contribution in [0.25, 0.3) is 0 Å². The number of rotatable bonds is 11. The summed E-state index contributed by atoms with van der Waals surface area (Å²) in [7, 11) is 1.34. The number of carbonyl (C=O) groups excluding carboxylic acids is 2. The average molecular weight is 414 g/mol.